The lowest BCUT2D eigenvalue weighted by Gasteiger charge is -2.24. The number of benzene rings is 1. The standard InChI is InChI=1S/C17H25N3O3/c1-18-17(20(2)10-14-6-8-21-11-14)19-7-5-13-3-4-15-16(9-13)23-12-22-15/h3-4,9,14H,5-8,10-12H2,1-2H3,(H,18,19). The number of guanidine groups is 1. The molecule has 2 aliphatic heterocycles. The number of hydrogen-bond acceptors (Lipinski definition) is 4. The van der Waals surface area contributed by atoms with Crippen LogP contribution in [0.15, 0.2) is 23.2 Å². The van der Waals surface area contributed by atoms with Crippen LogP contribution in [0, 0.1) is 5.92 Å². The van der Waals surface area contributed by atoms with Crippen LogP contribution >= 0.6 is 0 Å². The van der Waals surface area contributed by atoms with Crippen LogP contribution in [0.2, 0.25) is 0 Å². The van der Waals surface area contributed by atoms with Crippen LogP contribution in [0.1, 0.15) is 12.0 Å². The lowest BCUT2D eigenvalue weighted by atomic mass is 10.1. The Morgan fingerprint density at radius 3 is 3.00 bits per heavy atom. The van der Waals surface area contributed by atoms with Crippen molar-refractivity contribution in [2.24, 2.45) is 10.9 Å². The molecule has 6 nitrogen and oxygen atoms in total. The molecule has 2 heterocycles. The molecule has 1 aromatic rings. The summed E-state index contributed by atoms with van der Waals surface area (Å²) in [6.07, 6.45) is 2.05. The maximum absolute atomic E-state index is 5.44. The molecule has 0 aromatic heterocycles. The van der Waals surface area contributed by atoms with Gasteiger partial charge >= 0.3 is 0 Å². The van der Waals surface area contributed by atoms with Gasteiger partial charge in [0.15, 0.2) is 17.5 Å². The Morgan fingerprint density at radius 2 is 2.22 bits per heavy atom. The van der Waals surface area contributed by atoms with Gasteiger partial charge in [-0.05, 0) is 30.5 Å². The highest BCUT2D eigenvalue weighted by molar-refractivity contribution is 5.79. The zero-order valence-corrected chi connectivity index (χ0v) is 13.9. The van der Waals surface area contributed by atoms with Crippen molar-refractivity contribution >= 4 is 5.96 Å². The molecule has 3 rings (SSSR count). The van der Waals surface area contributed by atoms with Crippen LogP contribution in [0.4, 0.5) is 0 Å². The van der Waals surface area contributed by atoms with Gasteiger partial charge < -0.3 is 24.4 Å². The lowest BCUT2D eigenvalue weighted by molar-refractivity contribution is 0.174. The van der Waals surface area contributed by atoms with Crippen LogP contribution in [0.3, 0.4) is 0 Å². The second kappa shape index (κ2) is 7.55. The molecule has 126 valence electrons. The highest BCUT2D eigenvalue weighted by atomic mass is 16.7. The first-order valence-electron chi connectivity index (χ1n) is 8.14. The Labute approximate surface area is 137 Å². The van der Waals surface area contributed by atoms with Crippen molar-refractivity contribution in [1.29, 1.82) is 0 Å². The molecule has 2 aliphatic rings. The van der Waals surface area contributed by atoms with Gasteiger partial charge in [0.25, 0.3) is 0 Å². The van der Waals surface area contributed by atoms with Crippen LogP contribution in [0.25, 0.3) is 0 Å². The van der Waals surface area contributed by atoms with Crippen molar-refractivity contribution < 1.29 is 14.2 Å². The predicted molar refractivity (Wildman–Crippen MR) is 89.2 cm³/mol. The summed E-state index contributed by atoms with van der Waals surface area (Å²) in [5.74, 6) is 3.20. The molecule has 0 aliphatic carbocycles. The highest BCUT2D eigenvalue weighted by Crippen LogP contribution is 2.32. The van der Waals surface area contributed by atoms with Gasteiger partial charge in [0.05, 0.1) is 6.61 Å². The average Bonchev–Trinajstić information content (AvgIpc) is 3.22. The van der Waals surface area contributed by atoms with Gasteiger partial charge in [-0.3, -0.25) is 4.99 Å². The quantitative estimate of drug-likeness (QED) is 0.658. The van der Waals surface area contributed by atoms with Gasteiger partial charge in [-0.25, -0.2) is 0 Å². The number of ether oxygens (including phenoxy) is 3. The van der Waals surface area contributed by atoms with Gasteiger partial charge in [0, 0.05) is 39.7 Å². The van der Waals surface area contributed by atoms with Gasteiger partial charge in [0.2, 0.25) is 6.79 Å². The summed E-state index contributed by atoms with van der Waals surface area (Å²) in [6.45, 7) is 3.87. The smallest absolute Gasteiger partial charge is 0.231 e. The first-order valence-corrected chi connectivity index (χ1v) is 8.14. The molecule has 0 amide bonds. The summed E-state index contributed by atoms with van der Waals surface area (Å²) in [6, 6.07) is 6.10. The summed E-state index contributed by atoms with van der Waals surface area (Å²) in [7, 11) is 3.90. The van der Waals surface area contributed by atoms with Crippen LogP contribution in [0.5, 0.6) is 11.5 Å². The third-order valence-corrected chi connectivity index (χ3v) is 4.26. The van der Waals surface area contributed by atoms with Gasteiger partial charge in [-0.2, -0.15) is 0 Å². The average molecular weight is 319 g/mol. The molecule has 0 saturated carbocycles. The van der Waals surface area contributed by atoms with E-state index in [2.05, 4.69) is 28.3 Å². The summed E-state index contributed by atoms with van der Waals surface area (Å²) in [5, 5.41) is 3.42. The Kier molecular flexibility index (Phi) is 5.23. The third kappa shape index (κ3) is 4.07. The fourth-order valence-electron chi connectivity index (χ4n) is 3.00. The Hall–Kier alpha value is -1.95. The number of nitrogens with zero attached hydrogens (tertiary/aromatic N) is 2. The van der Waals surface area contributed by atoms with Gasteiger partial charge in [-0.1, -0.05) is 6.07 Å². The number of hydrogen-bond donors (Lipinski definition) is 1. The first-order chi connectivity index (χ1) is 11.3. The molecule has 1 atom stereocenters. The van der Waals surface area contributed by atoms with Crippen molar-refractivity contribution in [3.05, 3.63) is 23.8 Å². The molecule has 0 bridgehead atoms. The highest BCUT2D eigenvalue weighted by Gasteiger charge is 2.19. The van der Waals surface area contributed by atoms with Crippen molar-refractivity contribution in [3.8, 4) is 11.5 Å². The topological polar surface area (TPSA) is 55.3 Å². The molecule has 1 fully saturated rings. The molecule has 1 saturated heterocycles. The SMILES string of the molecule is CN=C(NCCc1ccc2c(c1)OCO2)N(C)CC1CCOC1. The van der Waals surface area contributed by atoms with Gasteiger partial charge in [-0.15, -0.1) is 0 Å². The van der Waals surface area contributed by atoms with E-state index in [0.717, 1.165) is 56.6 Å². The molecule has 1 aromatic carbocycles. The Bertz CT molecular complexity index is 556. The maximum atomic E-state index is 5.44. The Morgan fingerprint density at radius 1 is 1.35 bits per heavy atom. The molecule has 6 heteroatoms. The van der Waals surface area contributed by atoms with E-state index in [9.17, 15) is 0 Å². The Balaban J connectivity index is 1.46. The lowest BCUT2D eigenvalue weighted by Crippen LogP contribution is -2.42. The molecule has 0 radical (unpaired) electrons. The summed E-state index contributed by atoms with van der Waals surface area (Å²) in [4.78, 5) is 6.54. The van der Waals surface area contributed by atoms with E-state index in [4.69, 9.17) is 14.2 Å². The van der Waals surface area contributed by atoms with Crippen molar-refractivity contribution in [1.82, 2.24) is 10.2 Å². The maximum Gasteiger partial charge on any atom is 0.231 e. The van der Waals surface area contributed by atoms with E-state index in [-0.39, 0.29) is 0 Å². The van der Waals surface area contributed by atoms with Crippen LogP contribution in [-0.2, 0) is 11.2 Å². The molecule has 23 heavy (non-hydrogen) atoms. The van der Waals surface area contributed by atoms with Crippen molar-refractivity contribution in [2.45, 2.75) is 12.8 Å². The second-order valence-corrected chi connectivity index (χ2v) is 6.02. The third-order valence-electron chi connectivity index (χ3n) is 4.26. The minimum absolute atomic E-state index is 0.319. The monoisotopic (exact) mass is 319 g/mol. The molecular formula is C17H25N3O3. The number of nitrogens with one attached hydrogen (secondary N) is 1. The number of fused-ring (bicyclic) bond motifs is 1. The van der Waals surface area contributed by atoms with Gasteiger partial charge in [0.1, 0.15) is 0 Å². The van der Waals surface area contributed by atoms with E-state index < -0.39 is 0 Å². The second-order valence-electron chi connectivity index (χ2n) is 6.02. The van der Waals surface area contributed by atoms with Crippen molar-refractivity contribution in [2.75, 3.05) is 47.2 Å². The van der Waals surface area contributed by atoms with E-state index >= 15 is 0 Å². The normalized spacial score (nSPS) is 19.9. The van der Waals surface area contributed by atoms with Crippen LogP contribution in [-0.4, -0.2) is 58.1 Å². The first kappa shape index (κ1) is 15.9. The molecule has 0 spiro atoms. The summed E-state index contributed by atoms with van der Waals surface area (Å²) < 4.78 is 16.2. The summed E-state index contributed by atoms with van der Waals surface area (Å²) in [5.41, 5.74) is 1.23. The minimum Gasteiger partial charge on any atom is -0.454 e. The van der Waals surface area contributed by atoms with E-state index in [1.807, 2.05) is 19.2 Å². The van der Waals surface area contributed by atoms with E-state index in [1.165, 1.54) is 5.56 Å². The van der Waals surface area contributed by atoms with Crippen molar-refractivity contribution in [3.63, 3.8) is 0 Å². The van der Waals surface area contributed by atoms with E-state index in [0.29, 0.717) is 12.7 Å². The number of rotatable bonds is 5. The molecule has 1 N–H and O–H groups in total. The molecular weight excluding hydrogens is 294 g/mol. The largest absolute Gasteiger partial charge is 0.454 e. The zero-order valence-electron chi connectivity index (χ0n) is 13.9. The zero-order chi connectivity index (χ0) is 16.1. The van der Waals surface area contributed by atoms with E-state index in [1.54, 1.807) is 0 Å². The molecule has 1 unspecified atom stereocenters. The van der Waals surface area contributed by atoms with Crippen LogP contribution < -0.4 is 14.8 Å². The fraction of sp³-hybridized carbons (Fsp3) is 0.588. The summed E-state index contributed by atoms with van der Waals surface area (Å²) >= 11 is 0. The number of aliphatic imine (C=N–C) groups is 1. The minimum atomic E-state index is 0.319. The fourth-order valence-corrected chi connectivity index (χ4v) is 3.00. The predicted octanol–water partition coefficient (Wildman–Crippen LogP) is 1.50.